The summed E-state index contributed by atoms with van der Waals surface area (Å²) >= 11 is 0. The summed E-state index contributed by atoms with van der Waals surface area (Å²) in [5.74, 6) is -0.749. The Hall–Kier alpha value is -1.70. The van der Waals surface area contributed by atoms with Crippen molar-refractivity contribution in [2.45, 2.75) is 0 Å². The molecule has 2 rings (SSSR count). The highest BCUT2D eigenvalue weighted by atomic mass is 32.2. The molecule has 8 heteroatoms. The first kappa shape index (κ1) is 10.8. The molecule has 0 atom stereocenters. The monoisotopic (exact) mass is 243 g/mol. The second kappa shape index (κ2) is 3.71. The SMILES string of the molecule is COC(=O)C1=NC=CN2CCS(=O)(=O)N=C12. The van der Waals surface area contributed by atoms with E-state index < -0.39 is 16.0 Å². The third-order valence-corrected chi connectivity index (χ3v) is 3.28. The van der Waals surface area contributed by atoms with Gasteiger partial charge in [-0.15, -0.1) is 4.40 Å². The molecule has 7 nitrogen and oxygen atoms in total. The van der Waals surface area contributed by atoms with Crippen LogP contribution in [0.2, 0.25) is 0 Å². The third kappa shape index (κ3) is 1.83. The molecule has 2 heterocycles. The van der Waals surface area contributed by atoms with Crippen LogP contribution in [0.3, 0.4) is 0 Å². The number of ether oxygens (including phenoxy) is 1. The zero-order valence-corrected chi connectivity index (χ0v) is 9.27. The number of fused-ring (bicyclic) bond motifs is 1. The van der Waals surface area contributed by atoms with E-state index in [0.717, 1.165) is 0 Å². The summed E-state index contributed by atoms with van der Waals surface area (Å²) in [7, 11) is -2.30. The molecule has 86 valence electrons. The maximum absolute atomic E-state index is 11.3. The molecule has 0 aromatic carbocycles. The number of carbonyl (C=O) groups is 1. The largest absolute Gasteiger partial charge is 0.464 e. The van der Waals surface area contributed by atoms with Crippen molar-refractivity contribution >= 4 is 27.5 Å². The van der Waals surface area contributed by atoms with Crippen LogP contribution in [0.4, 0.5) is 0 Å². The number of hydrogen-bond acceptors (Lipinski definition) is 6. The molecular weight excluding hydrogens is 234 g/mol. The fourth-order valence-corrected chi connectivity index (χ4v) is 2.33. The predicted octanol–water partition coefficient (Wildman–Crippen LogP) is -0.871. The van der Waals surface area contributed by atoms with Crippen LogP contribution in [0, 0.1) is 0 Å². The van der Waals surface area contributed by atoms with Crippen molar-refractivity contribution < 1.29 is 17.9 Å². The number of methoxy groups -OCH3 is 1. The van der Waals surface area contributed by atoms with Crippen LogP contribution in [-0.4, -0.2) is 50.2 Å². The molecule has 0 aromatic rings. The number of sulfonamides is 1. The standard InChI is InChI=1S/C8H9N3O4S/c1-15-8(12)6-7-10-16(13,14)5-4-11(7)3-2-9-6/h2-3H,4-5H2,1H3. The minimum Gasteiger partial charge on any atom is -0.464 e. The molecule has 0 unspecified atom stereocenters. The first-order valence-electron chi connectivity index (χ1n) is 4.46. The topological polar surface area (TPSA) is 88.4 Å². The summed E-state index contributed by atoms with van der Waals surface area (Å²) in [5, 5.41) is 0. The average Bonchev–Trinajstić information content (AvgIpc) is 2.26. The minimum atomic E-state index is -3.50. The van der Waals surface area contributed by atoms with Gasteiger partial charge in [-0.25, -0.2) is 18.2 Å². The Kier molecular flexibility index (Phi) is 2.50. The second-order valence-electron chi connectivity index (χ2n) is 3.16. The van der Waals surface area contributed by atoms with Crippen molar-refractivity contribution in [3.05, 3.63) is 12.4 Å². The molecule has 0 aromatic heterocycles. The Balaban J connectivity index is 2.47. The van der Waals surface area contributed by atoms with Gasteiger partial charge in [-0.05, 0) is 0 Å². The summed E-state index contributed by atoms with van der Waals surface area (Å²) in [5.41, 5.74) is -0.0896. The lowest BCUT2D eigenvalue weighted by atomic mass is 10.3. The fourth-order valence-electron chi connectivity index (χ4n) is 1.36. The summed E-state index contributed by atoms with van der Waals surface area (Å²) in [4.78, 5) is 16.7. The first-order valence-corrected chi connectivity index (χ1v) is 6.07. The van der Waals surface area contributed by atoms with Gasteiger partial charge in [-0.3, -0.25) is 0 Å². The molecule has 0 spiro atoms. The van der Waals surface area contributed by atoms with E-state index in [1.165, 1.54) is 13.3 Å². The lowest BCUT2D eigenvalue weighted by Crippen LogP contribution is -2.44. The number of esters is 1. The molecule has 0 aliphatic carbocycles. The zero-order chi connectivity index (χ0) is 11.8. The van der Waals surface area contributed by atoms with Crippen LogP contribution in [-0.2, 0) is 19.6 Å². The van der Waals surface area contributed by atoms with Crippen LogP contribution in [0.5, 0.6) is 0 Å². The van der Waals surface area contributed by atoms with E-state index in [4.69, 9.17) is 0 Å². The zero-order valence-electron chi connectivity index (χ0n) is 8.45. The lowest BCUT2D eigenvalue weighted by molar-refractivity contribution is -0.132. The summed E-state index contributed by atoms with van der Waals surface area (Å²) in [6, 6.07) is 0. The first-order chi connectivity index (χ1) is 7.53. The highest BCUT2D eigenvalue weighted by Crippen LogP contribution is 2.12. The van der Waals surface area contributed by atoms with Crippen molar-refractivity contribution in [2.75, 3.05) is 19.4 Å². The summed E-state index contributed by atoms with van der Waals surface area (Å²) < 4.78 is 30.7. The highest BCUT2D eigenvalue weighted by Gasteiger charge is 2.31. The van der Waals surface area contributed by atoms with E-state index in [-0.39, 0.29) is 23.8 Å². The Bertz CT molecular complexity index is 517. The number of hydrogen-bond donors (Lipinski definition) is 0. The number of carbonyl (C=O) groups excluding carboxylic acids is 1. The van der Waals surface area contributed by atoms with Crippen LogP contribution >= 0.6 is 0 Å². The van der Waals surface area contributed by atoms with E-state index in [1.54, 1.807) is 11.1 Å². The van der Waals surface area contributed by atoms with E-state index in [9.17, 15) is 13.2 Å². The van der Waals surface area contributed by atoms with Gasteiger partial charge in [0.1, 0.15) is 0 Å². The van der Waals surface area contributed by atoms with Crippen LogP contribution in [0.15, 0.2) is 21.8 Å². The van der Waals surface area contributed by atoms with Crippen molar-refractivity contribution in [2.24, 2.45) is 9.39 Å². The molecule has 0 bridgehead atoms. The van der Waals surface area contributed by atoms with Gasteiger partial charge in [0, 0.05) is 18.9 Å². The van der Waals surface area contributed by atoms with Gasteiger partial charge in [-0.2, -0.15) is 0 Å². The van der Waals surface area contributed by atoms with Gasteiger partial charge in [-0.1, -0.05) is 0 Å². The number of rotatable bonds is 1. The maximum atomic E-state index is 11.3. The van der Waals surface area contributed by atoms with Crippen molar-refractivity contribution in [3.8, 4) is 0 Å². The molecule has 0 saturated carbocycles. The van der Waals surface area contributed by atoms with Crippen LogP contribution in [0.25, 0.3) is 0 Å². The van der Waals surface area contributed by atoms with Crippen LogP contribution < -0.4 is 0 Å². The molecule has 0 amide bonds. The van der Waals surface area contributed by atoms with E-state index in [1.807, 2.05) is 0 Å². The third-order valence-electron chi connectivity index (χ3n) is 2.13. The fraction of sp³-hybridized carbons (Fsp3) is 0.375. The normalized spacial score (nSPS) is 21.9. The van der Waals surface area contributed by atoms with Crippen molar-refractivity contribution in [1.29, 1.82) is 0 Å². The molecule has 16 heavy (non-hydrogen) atoms. The summed E-state index contributed by atoms with van der Waals surface area (Å²) in [6.45, 7) is 0.258. The molecule has 2 aliphatic heterocycles. The van der Waals surface area contributed by atoms with Gasteiger partial charge in [0.05, 0.1) is 12.9 Å². The molecular formula is C8H9N3O4S. The van der Waals surface area contributed by atoms with Gasteiger partial charge >= 0.3 is 5.97 Å². The van der Waals surface area contributed by atoms with Crippen LogP contribution in [0.1, 0.15) is 0 Å². The van der Waals surface area contributed by atoms with Crippen molar-refractivity contribution in [3.63, 3.8) is 0 Å². The van der Waals surface area contributed by atoms with E-state index in [0.29, 0.717) is 0 Å². The molecule has 0 saturated heterocycles. The van der Waals surface area contributed by atoms with E-state index >= 15 is 0 Å². The van der Waals surface area contributed by atoms with E-state index in [2.05, 4.69) is 14.1 Å². The summed E-state index contributed by atoms with van der Waals surface area (Å²) in [6.07, 6.45) is 2.98. The molecule has 0 N–H and O–H groups in total. The Morgan fingerprint density at radius 1 is 1.56 bits per heavy atom. The maximum Gasteiger partial charge on any atom is 0.360 e. The van der Waals surface area contributed by atoms with Gasteiger partial charge < -0.3 is 9.64 Å². The smallest absolute Gasteiger partial charge is 0.360 e. The second-order valence-corrected chi connectivity index (χ2v) is 4.92. The van der Waals surface area contributed by atoms with Crippen molar-refractivity contribution in [1.82, 2.24) is 4.90 Å². The van der Waals surface area contributed by atoms with Gasteiger partial charge in [0.15, 0.2) is 11.5 Å². The number of amidine groups is 1. The number of aliphatic imine (C=N–C) groups is 1. The Morgan fingerprint density at radius 2 is 2.31 bits per heavy atom. The molecule has 0 fully saturated rings. The Labute approximate surface area is 92.2 Å². The quantitative estimate of drug-likeness (QED) is 0.558. The van der Waals surface area contributed by atoms with Gasteiger partial charge in [0.2, 0.25) is 0 Å². The number of nitrogens with zero attached hydrogens (tertiary/aromatic N) is 3. The average molecular weight is 243 g/mol. The predicted molar refractivity (Wildman–Crippen MR) is 56.5 cm³/mol. The molecule has 2 aliphatic rings. The van der Waals surface area contributed by atoms with Gasteiger partial charge in [0.25, 0.3) is 10.0 Å². The minimum absolute atomic E-state index is 0.0283. The Morgan fingerprint density at radius 3 is 3.00 bits per heavy atom. The lowest BCUT2D eigenvalue weighted by Gasteiger charge is -2.26. The molecule has 0 radical (unpaired) electrons. The highest BCUT2D eigenvalue weighted by molar-refractivity contribution is 7.90.